The van der Waals surface area contributed by atoms with Crippen LogP contribution in [0, 0.1) is 33.9 Å². The molecule has 0 unspecified atom stereocenters. The van der Waals surface area contributed by atoms with Crippen LogP contribution >= 0.6 is 0 Å². The number of rotatable bonds is 1. The van der Waals surface area contributed by atoms with Crippen LogP contribution in [0.15, 0.2) is 97.1 Å². The van der Waals surface area contributed by atoms with Gasteiger partial charge < -0.3 is 20.0 Å². The maximum Gasteiger partial charge on any atom is 0.394 e. The SMILES string of the molecule is CC.CC.Cc1[c-]cccc1.O=S(=O)(O)O.OC1(c2[c-]cccc2)c2ccccc2C=Cc2ccccc21.[CH3-].[CH3-].[Y].[Y]. The second-order valence-electron chi connectivity index (χ2n) is 7.49. The van der Waals surface area contributed by atoms with Gasteiger partial charge in [0.15, 0.2) is 0 Å². The topological polar surface area (TPSA) is 94.8 Å². The van der Waals surface area contributed by atoms with Crippen LogP contribution in [0.3, 0.4) is 0 Å². The molecule has 224 valence electrons. The van der Waals surface area contributed by atoms with E-state index in [2.05, 4.69) is 24.3 Å². The largest absolute Gasteiger partial charge is 0.394 e. The van der Waals surface area contributed by atoms with Crippen molar-refractivity contribution in [3.63, 3.8) is 0 Å². The third-order valence-electron chi connectivity index (χ3n) is 5.11. The third-order valence-corrected chi connectivity index (χ3v) is 5.11. The van der Waals surface area contributed by atoms with Gasteiger partial charge in [-0.05, 0) is 22.3 Å². The van der Waals surface area contributed by atoms with Gasteiger partial charge in [0, 0.05) is 65.4 Å². The minimum absolute atomic E-state index is 0. The van der Waals surface area contributed by atoms with Gasteiger partial charge in [0.1, 0.15) is 5.60 Å². The molecular weight excluding hydrogens is 698 g/mol. The minimum Gasteiger partial charge on any atom is -0.378 e. The Morgan fingerprint density at radius 2 is 0.976 bits per heavy atom. The van der Waals surface area contributed by atoms with Gasteiger partial charge in [-0.15, -0.1) is 5.56 Å². The molecule has 0 saturated carbocycles. The summed E-state index contributed by atoms with van der Waals surface area (Å²) < 4.78 is 31.6. The normalized spacial score (nSPS) is 10.9. The number of fused-ring (bicyclic) bond motifs is 2. The number of hydrogen-bond acceptors (Lipinski definition) is 3. The molecular formula is C34H42O5SY2-4. The Kier molecular flexibility index (Phi) is 28.4. The van der Waals surface area contributed by atoms with E-state index in [1.807, 2.05) is 132 Å². The summed E-state index contributed by atoms with van der Waals surface area (Å²) in [6, 6.07) is 37.7. The van der Waals surface area contributed by atoms with Gasteiger partial charge in [0.05, 0.1) is 0 Å². The molecule has 3 N–H and O–H groups in total. The van der Waals surface area contributed by atoms with Crippen LogP contribution in [0.25, 0.3) is 12.2 Å². The van der Waals surface area contributed by atoms with E-state index in [1.54, 1.807) is 0 Å². The van der Waals surface area contributed by atoms with Gasteiger partial charge in [-0.1, -0.05) is 95.3 Å². The molecule has 0 saturated heterocycles. The van der Waals surface area contributed by atoms with E-state index in [1.165, 1.54) is 5.56 Å². The molecule has 1 aliphatic carbocycles. The van der Waals surface area contributed by atoms with Crippen molar-refractivity contribution in [1.82, 2.24) is 0 Å². The van der Waals surface area contributed by atoms with E-state index in [4.69, 9.17) is 17.5 Å². The van der Waals surface area contributed by atoms with E-state index < -0.39 is 16.0 Å². The van der Waals surface area contributed by atoms with Crippen molar-refractivity contribution in [2.24, 2.45) is 0 Å². The average molecular weight is 741 g/mol. The van der Waals surface area contributed by atoms with E-state index in [0.717, 1.165) is 27.8 Å². The number of hydrogen-bond donors (Lipinski definition) is 3. The third kappa shape index (κ3) is 15.4. The first-order chi connectivity index (χ1) is 18.2. The fourth-order valence-corrected chi connectivity index (χ4v) is 3.66. The minimum atomic E-state index is -4.67. The van der Waals surface area contributed by atoms with Crippen molar-refractivity contribution in [2.75, 3.05) is 0 Å². The van der Waals surface area contributed by atoms with E-state index in [9.17, 15) is 5.11 Å². The maximum atomic E-state index is 11.8. The van der Waals surface area contributed by atoms with Crippen LogP contribution in [-0.4, -0.2) is 22.6 Å². The van der Waals surface area contributed by atoms with E-state index in [0.29, 0.717) is 0 Å². The summed E-state index contributed by atoms with van der Waals surface area (Å²) >= 11 is 0. The Morgan fingerprint density at radius 1 is 0.619 bits per heavy atom. The van der Waals surface area contributed by atoms with Gasteiger partial charge in [-0.25, -0.2) is 0 Å². The summed E-state index contributed by atoms with van der Waals surface area (Å²) in [6.07, 6.45) is 4.13. The van der Waals surface area contributed by atoms with E-state index >= 15 is 0 Å². The van der Waals surface area contributed by atoms with Crippen LogP contribution in [0.1, 0.15) is 61.1 Å². The zero-order valence-electron chi connectivity index (χ0n) is 25.6. The first-order valence-electron chi connectivity index (χ1n) is 12.4. The molecule has 0 aromatic heterocycles. The molecule has 0 amide bonds. The smallest absolute Gasteiger partial charge is 0.378 e. The van der Waals surface area contributed by atoms with Crippen LogP contribution < -0.4 is 0 Å². The molecule has 0 heterocycles. The molecule has 8 heteroatoms. The zero-order valence-corrected chi connectivity index (χ0v) is 32.1. The summed E-state index contributed by atoms with van der Waals surface area (Å²) in [5.41, 5.74) is 4.59. The first-order valence-corrected chi connectivity index (χ1v) is 13.8. The van der Waals surface area contributed by atoms with Gasteiger partial charge >= 0.3 is 10.4 Å². The fraction of sp³-hybridized carbons (Fsp3) is 0.176. The molecule has 0 bridgehead atoms. The van der Waals surface area contributed by atoms with Crippen molar-refractivity contribution in [2.45, 2.75) is 40.2 Å². The maximum absolute atomic E-state index is 11.8. The molecule has 0 atom stereocenters. The van der Waals surface area contributed by atoms with Crippen LogP contribution in [0.2, 0.25) is 0 Å². The summed E-state index contributed by atoms with van der Waals surface area (Å²) in [5.74, 6) is 0. The molecule has 5 nitrogen and oxygen atoms in total. The Hall–Kier alpha value is -1.34. The molecule has 0 fully saturated rings. The van der Waals surface area contributed by atoms with E-state index in [-0.39, 0.29) is 80.3 Å². The molecule has 42 heavy (non-hydrogen) atoms. The predicted octanol–water partition coefficient (Wildman–Crippen LogP) is 8.35. The fourth-order valence-electron chi connectivity index (χ4n) is 3.66. The molecule has 1 aliphatic rings. The Morgan fingerprint density at radius 3 is 1.29 bits per heavy atom. The van der Waals surface area contributed by atoms with Crippen molar-refractivity contribution in [3.05, 3.63) is 157 Å². The first kappa shape index (κ1) is 47.6. The molecule has 0 aliphatic heterocycles. The number of aryl methyl sites for hydroxylation is 1. The number of benzene rings is 4. The van der Waals surface area contributed by atoms with Gasteiger partial charge in [0.2, 0.25) is 0 Å². The summed E-state index contributed by atoms with van der Waals surface area (Å²) in [4.78, 5) is 0. The quantitative estimate of drug-likeness (QED) is 0.135. The zero-order chi connectivity index (χ0) is 28.6. The summed E-state index contributed by atoms with van der Waals surface area (Å²) in [7, 11) is -4.67. The van der Waals surface area contributed by atoms with Crippen LogP contribution in [0.5, 0.6) is 0 Å². The monoisotopic (exact) mass is 740 g/mol. The summed E-state index contributed by atoms with van der Waals surface area (Å²) in [5, 5.41) is 11.8. The van der Waals surface area contributed by atoms with Crippen molar-refractivity contribution in [1.29, 1.82) is 0 Å². The molecule has 5 rings (SSSR count). The molecule has 4 aromatic rings. The molecule has 0 spiro atoms. The second kappa shape index (κ2) is 25.0. The number of aliphatic hydroxyl groups is 1. The Balaban J connectivity index is -0.000000306. The van der Waals surface area contributed by atoms with Gasteiger partial charge in [0.25, 0.3) is 0 Å². The molecule has 4 aromatic carbocycles. The Bertz CT molecular complexity index is 1300. The summed E-state index contributed by atoms with van der Waals surface area (Å²) in [6.45, 7) is 10.0. The van der Waals surface area contributed by atoms with Gasteiger partial charge in [-0.3, -0.25) is 9.11 Å². The van der Waals surface area contributed by atoms with Crippen LogP contribution in [-0.2, 0) is 81.4 Å². The average Bonchev–Trinajstić information content (AvgIpc) is 3.07. The Labute approximate surface area is 305 Å². The van der Waals surface area contributed by atoms with Gasteiger partial charge in [-0.2, -0.15) is 74.6 Å². The predicted molar refractivity (Wildman–Crippen MR) is 169 cm³/mol. The van der Waals surface area contributed by atoms with Crippen molar-refractivity contribution in [3.8, 4) is 0 Å². The van der Waals surface area contributed by atoms with Crippen LogP contribution in [0.4, 0.5) is 0 Å². The van der Waals surface area contributed by atoms with Crippen molar-refractivity contribution < 1.29 is 88.0 Å². The standard InChI is InChI=1S/C21H15O.C7H7.2C2H6.2CH3.H2O4S.2Y/c22-21(18-10-2-1-3-11-18)19-12-6-4-8-16(19)14-15-17-9-5-7-13-20(17)21;1-7-5-3-2-4-6-7;2*1-2;;;1-5(2,3)4;;/h1-10,12-15,22H;2-5H,1H3;2*1-2H3;2*1H3;(H2,1,2,3,4);;/q2*-1;;;2*-1;;;. The van der Waals surface area contributed by atoms with Crippen molar-refractivity contribution >= 4 is 22.6 Å². The second-order valence-corrected chi connectivity index (χ2v) is 8.38. The molecule has 2 radical (unpaired) electrons.